The maximum absolute atomic E-state index is 10.5. The second kappa shape index (κ2) is 2.69. The molecule has 60 valence electrons. The molecule has 0 unspecified atom stereocenters. The first-order valence-electron chi connectivity index (χ1n) is 3.17. The number of hydrogen-bond donors (Lipinski definition) is 1. The van der Waals surface area contributed by atoms with Crippen LogP contribution < -0.4 is 0 Å². The van der Waals surface area contributed by atoms with Gasteiger partial charge in [-0.1, -0.05) is 5.11 Å². The van der Waals surface area contributed by atoms with Crippen molar-refractivity contribution in [1.82, 2.24) is 0 Å². The number of amides is 1. The molecule has 1 aliphatic rings. The molecule has 5 heteroatoms. The van der Waals surface area contributed by atoms with Gasteiger partial charge >= 0.3 is 5.91 Å². The Balaban J connectivity index is 2.72. The van der Waals surface area contributed by atoms with Crippen molar-refractivity contribution < 1.29 is 14.6 Å². The topological polar surface area (TPSA) is 71.2 Å². The molecule has 1 heterocycles. The van der Waals surface area contributed by atoms with E-state index in [4.69, 9.17) is 9.84 Å². The zero-order chi connectivity index (χ0) is 8.43. The quantitative estimate of drug-likeness (QED) is 0.651. The Morgan fingerprint density at radius 1 is 1.45 bits per heavy atom. The minimum atomic E-state index is -0.749. The monoisotopic (exact) mass is 156 g/mol. The fourth-order valence-corrected chi connectivity index (χ4v) is 0.580. The van der Waals surface area contributed by atoms with Crippen LogP contribution in [-0.4, -0.2) is 17.1 Å². The van der Waals surface area contributed by atoms with Crippen LogP contribution in [0.15, 0.2) is 21.9 Å². The molecular weight excluding hydrogens is 148 g/mol. The van der Waals surface area contributed by atoms with Crippen molar-refractivity contribution in [2.75, 3.05) is 0 Å². The number of aliphatic hydroxyl groups is 1. The molecule has 0 saturated carbocycles. The molecule has 0 aromatic rings. The van der Waals surface area contributed by atoms with Crippen molar-refractivity contribution in [2.24, 2.45) is 10.2 Å². The summed E-state index contributed by atoms with van der Waals surface area (Å²) in [6.45, 7) is 3.52. The zero-order valence-corrected chi connectivity index (χ0v) is 6.24. The lowest BCUT2D eigenvalue weighted by Crippen LogP contribution is -2.03. The highest BCUT2D eigenvalue weighted by atomic mass is 16.5. The molecular formula is C6H8N2O3. The summed E-state index contributed by atoms with van der Waals surface area (Å²) in [5.74, 6) is -1.36. The SMILES string of the molecule is CC(C)OC1=C(O)C(=O)N=N1. The third-order valence-corrected chi connectivity index (χ3v) is 0.984. The predicted octanol–water partition coefficient (Wildman–Crippen LogP) is 1.13. The van der Waals surface area contributed by atoms with Gasteiger partial charge in [-0.05, 0) is 13.8 Å². The van der Waals surface area contributed by atoms with Crippen LogP contribution in [0.2, 0.25) is 0 Å². The average Bonchev–Trinajstić information content (AvgIpc) is 2.18. The maximum atomic E-state index is 10.5. The second-order valence-electron chi connectivity index (χ2n) is 2.33. The van der Waals surface area contributed by atoms with Crippen LogP contribution in [0.4, 0.5) is 0 Å². The molecule has 0 aromatic carbocycles. The highest BCUT2D eigenvalue weighted by Gasteiger charge is 2.22. The molecule has 1 N–H and O–H groups in total. The number of carbonyl (C=O) groups excluding carboxylic acids is 1. The molecule has 1 amide bonds. The Morgan fingerprint density at radius 3 is 2.45 bits per heavy atom. The van der Waals surface area contributed by atoms with Crippen LogP contribution in [-0.2, 0) is 9.53 Å². The molecule has 0 fully saturated rings. The summed E-state index contributed by atoms with van der Waals surface area (Å²) in [4.78, 5) is 10.5. The van der Waals surface area contributed by atoms with E-state index in [1.165, 1.54) is 0 Å². The van der Waals surface area contributed by atoms with E-state index in [2.05, 4.69) is 10.2 Å². The second-order valence-corrected chi connectivity index (χ2v) is 2.33. The van der Waals surface area contributed by atoms with E-state index in [-0.39, 0.29) is 12.0 Å². The van der Waals surface area contributed by atoms with Gasteiger partial charge in [0.15, 0.2) is 0 Å². The Hall–Kier alpha value is -1.39. The lowest BCUT2D eigenvalue weighted by atomic mass is 10.4. The molecule has 5 nitrogen and oxygen atoms in total. The summed E-state index contributed by atoms with van der Waals surface area (Å²) < 4.78 is 4.94. The first kappa shape index (κ1) is 7.71. The number of hydrogen-bond acceptors (Lipinski definition) is 4. The van der Waals surface area contributed by atoms with E-state index in [0.29, 0.717) is 0 Å². The highest BCUT2D eigenvalue weighted by Crippen LogP contribution is 2.16. The Morgan fingerprint density at radius 2 is 2.09 bits per heavy atom. The molecule has 0 atom stereocenters. The molecule has 0 radical (unpaired) electrons. The van der Waals surface area contributed by atoms with Crippen molar-refractivity contribution in [2.45, 2.75) is 20.0 Å². The smallest absolute Gasteiger partial charge is 0.336 e. The number of carbonyl (C=O) groups is 1. The fraction of sp³-hybridized carbons (Fsp3) is 0.500. The summed E-state index contributed by atoms with van der Waals surface area (Å²) in [7, 11) is 0. The van der Waals surface area contributed by atoms with Gasteiger partial charge in [-0.2, -0.15) is 0 Å². The van der Waals surface area contributed by atoms with Gasteiger partial charge < -0.3 is 9.84 Å². The Kier molecular flexibility index (Phi) is 1.89. The van der Waals surface area contributed by atoms with Crippen LogP contribution in [0.25, 0.3) is 0 Å². The lowest BCUT2D eigenvalue weighted by Gasteiger charge is -2.05. The van der Waals surface area contributed by atoms with Crippen molar-refractivity contribution >= 4 is 5.91 Å². The van der Waals surface area contributed by atoms with Crippen molar-refractivity contribution in [3.05, 3.63) is 11.6 Å². The van der Waals surface area contributed by atoms with Crippen LogP contribution in [0.5, 0.6) is 0 Å². The van der Waals surface area contributed by atoms with E-state index in [9.17, 15) is 4.79 Å². The van der Waals surface area contributed by atoms with Gasteiger partial charge in [-0.3, -0.25) is 4.79 Å². The van der Waals surface area contributed by atoms with E-state index >= 15 is 0 Å². The number of ether oxygens (including phenoxy) is 1. The Labute approximate surface area is 63.4 Å². The number of azo groups is 1. The van der Waals surface area contributed by atoms with E-state index in [1.54, 1.807) is 13.8 Å². The highest BCUT2D eigenvalue weighted by molar-refractivity contribution is 5.93. The van der Waals surface area contributed by atoms with Gasteiger partial charge in [-0.15, -0.1) is 5.11 Å². The fourth-order valence-electron chi connectivity index (χ4n) is 0.580. The number of rotatable bonds is 2. The lowest BCUT2D eigenvalue weighted by molar-refractivity contribution is -0.116. The molecule has 0 aliphatic carbocycles. The van der Waals surface area contributed by atoms with Crippen molar-refractivity contribution in [1.29, 1.82) is 0 Å². The minimum absolute atomic E-state index is 0.0926. The molecule has 0 aromatic heterocycles. The van der Waals surface area contributed by atoms with Crippen LogP contribution in [0.3, 0.4) is 0 Å². The minimum Gasteiger partial charge on any atom is -0.499 e. The number of aliphatic hydroxyl groups excluding tert-OH is 1. The first-order valence-corrected chi connectivity index (χ1v) is 3.17. The zero-order valence-electron chi connectivity index (χ0n) is 6.24. The van der Waals surface area contributed by atoms with Crippen LogP contribution >= 0.6 is 0 Å². The van der Waals surface area contributed by atoms with E-state index in [0.717, 1.165) is 0 Å². The predicted molar refractivity (Wildman–Crippen MR) is 35.7 cm³/mol. The van der Waals surface area contributed by atoms with Crippen molar-refractivity contribution in [3.8, 4) is 0 Å². The average molecular weight is 156 g/mol. The molecule has 0 bridgehead atoms. The largest absolute Gasteiger partial charge is 0.499 e. The van der Waals surface area contributed by atoms with Crippen LogP contribution in [0, 0.1) is 0 Å². The summed E-state index contributed by atoms with van der Waals surface area (Å²) >= 11 is 0. The van der Waals surface area contributed by atoms with Gasteiger partial charge in [0.05, 0.1) is 6.10 Å². The van der Waals surface area contributed by atoms with Gasteiger partial charge in [0.1, 0.15) is 0 Å². The molecule has 0 spiro atoms. The summed E-state index contributed by atoms with van der Waals surface area (Å²) in [5.41, 5.74) is 0. The molecule has 11 heavy (non-hydrogen) atoms. The van der Waals surface area contributed by atoms with E-state index < -0.39 is 11.7 Å². The van der Waals surface area contributed by atoms with Gasteiger partial charge in [-0.25, -0.2) is 0 Å². The third kappa shape index (κ3) is 1.54. The van der Waals surface area contributed by atoms with Gasteiger partial charge in [0.25, 0.3) is 5.88 Å². The molecule has 1 rings (SSSR count). The number of nitrogens with zero attached hydrogens (tertiary/aromatic N) is 2. The van der Waals surface area contributed by atoms with Gasteiger partial charge in [0, 0.05) is 0 Å². The molecule has 0 saturated heterocycles. The van der Waals surface area contributed by atoms with Crippen molar-refractivity contribution in [3.63, 3.8) is 0 Å². The summed E-state index contributed by atoms with van der Waals surface area (Å²) in [6, 6.07) is 0. The molecule has 1 aliphatic heterocycles. The van der Waals surface area contributed by atoms with Crippen LogP contribution in [0.1, 0.15) is 13.8 Å². The standard InChI is InChI=1S/C6H8N2O3/c1-3(2)11-6-4(9)5(10)7-8-6/h3H,1-2H3,(H,7,9,10). The van der Waals surface area contributed by atoms with Gasteiger partial charge in [0.2, 0.25) is 5.76 Å². The third-order valence-electron chi connectivity index (χ3n) is 0.984. The van der Waals surface area contributed by atoms with E-state index in [1.807, 2.05) is 0 Å². The summed E-state index contributed by atoms with van der Waals surface area (Å²) in [6.07, 6.45) is -0.128. The maximum Gasteiger partial charge on any atom is 0.336 e. The first-order chi connectivity index (χ1) is 5.11. The normalized spacial score (nSPS) is 16.8. The Bertz CT molecular complexity index is 242. The summed E-state index contributed by atoms with van der Waals surface area (Å²) in [5, 5.41) is 15.3.